The number of ether oxygens (including phenoxy) is 1. The molecular weight excluding hydrogens is 278 g/mol. The lowest BCUT2D eigenvalue weighted by atomic mass is 10.2. The summed E-state index contributed by atoms with van der Waals surface area (Å²) in [5.74, 6) is 0.0759. The van der Waals surface area contributed by atoms with E-state index in [-0.39, 0.29) is 5.91 Å². The maximum Gasteiger partial charge on any atom is 0.255 e. The molecule has 0 aromatic carbocycles. The fraction of sp³-hybridized carbons (Fsp3) is 0.214. The van der Waals surface area contributed by atoms with Gasteiger partial charge in [0.15, 0.2) is 0 Å². The largest absolute Gasteiger partial charge is 0.480 e. The number of nitrogens with zero attached hydrogens (tertiary/aromatic N) is 2. The summed E-state index contributed by atoms with van der Waals surface area (Å²) in [6.07, 6.45) is 2.30. The second kappa shape index (κ2) is 6.34. The summed E-state index contributed by atoms with van der Waals surface area (Å²) in [7, 11) is 1.50. The van der Waals surface area contributed by atoms with Crippen LogP contribution in [0.3, 0.4) is 0 Å². The molecule has 0 saturated heterocycles. The molecule has 1 amide bonds. The Morgan fingerprint density at radius 2 is 2.25 bits per heavy atom. The summed E-state index contributed by atoms with van der Waals surface area (Å²) in [5, 5.41) is 3.04. The van der Waals surface area contributed by atoms with E-state index in [1.807, 2.05) is 6.92 Å². The number of pyridine rings is 2. The summed E-state index contributed by atoms with van der Waals surface area (Å²) in [6, 6.07) is 6.67. The molecule has 0 bridgehead atoms. The minimum absolute atomic E-state index is 0.282. The minimum Gasteiger partial charge on any atom is -0.480 e. The van der Waals surface area contributed by atoms with Crippen molar-refractivity contribution in [2.45, 2.75) is 13.3 Å². The van der Waals surface area contributed by atoms with Crippen LogP contribution in [0.25, 0.3) is 0 Å². The Labute approximate surface area is 122 Å². The lowest BCUT2D eigenvalue weighted by Crippen LogP contribution is -2.13. The van der Waals surface area contributed by atoms with Gasteiger partial charge >= 0.3 is 0 Å². The van der Waals surface area contributed by atoms with E-state index in [2.05, 4.69) is 15.3 Å². The Morgan fingerprint density at radius 3 is 2.95 bits per heavy atom. The highest BCUT2D eigenvalue weighted by Crippen LogP contribution is 2.21. The number of rotatable bonds is 4. The number of aromatic nitrogens is 2. The molecule has 0 aliphatic heterocycles. The average Bonchev–Trinajstić information content (AvgIpc) is 2.47. The van der Waals surface area contributed by atoms with Crippen molar-refractivity contribution in [1.82, 2.24) is 9.97 Å². The van der Waals surface area contributed by atoms with Gasteiger partial charge in [0.2, 0.25) is 5.88 Å². The number of anilines is 1. The molecule has 0 spiro atoms. The molecule has 104 valence electrons. The van der Waals surface area contributed by atoms with Crippen LogP contribution in [0.4, 0.5) is 5.69 Å². The van der Waals surface area contributed by atoms with Gasteiger partial charge in [-0.3, -0.25) is 4.79 Å². The summed E-state index contributed by atoms with van der Waals surface area (Å²) in [6.45, 7) is 1.95. The lowest BCUT2D eigenvalue weighted by molar-refractivity contribution is 0.102. The number of hydrogen-bond acceptors (Lipinski definition) is 4. The van der Waals surface area contributed by atoms with Gasteiger partial charge in [-0.1, -0.05) is 18.5 Å². The van der Waals surface area contributed by atoms with Crippen molar-refractivity contribution >= 4 is 23.2 Å². The van der Waals surface area contributed by atoms with E-state index in [1.54, 1.807) is 24.4 Å². The van der Waals surface area contributed by atoms with Crippen LogP contribution in [0.5, 0.6) is 5.88 Å². The number of carbonyl (C=O) groups is 1. The molecule has 0 radical (unpaired) electrons. The predicted octanol–water partition coefficient (Wildman–Crippen LogP) is 2.95. The first-order valence-corrected chi connectivity index (χ1v) is 6.48. The van der Waals surface area contributed by atoms with Gasteiger partial charge in [-0.2, -0.15) is 0 Å². The molecule has 1 N–H and O–H groups in total. The van der Waals surface area contributed by atoms with Crippen molar-refractivity contribution in [3.8, 4) is 5.88 Å². The smallest absolute Gasteiger partial charge is 0.255 e. The summed E-state index contributed by atoms with van der Waals surface area (Å²) in [4.78, 5) is 20.4. The first kappa shape index (κ1) is 14.3. The lowest BCUT2D eigenvalue weighted by Gasteiger charge is -2.09. The van der Waals surface area contributed by atoms with Crippen LogP contribution in [0.2, 0.25) is 5.15 Å². The van der Waals surface area contributed by atoms with Crippen molar-refractivity contribution < 1.29 is 9.53 Å². The van der Waals surface area contributed by atoms with Gasteiger partial charge in [-0.25, -0.2) is 9.97 Å². The number of halogens is 1. The molecule has 2 aromatic rings. The van der Waals surface area contributed by atoms with Gasteiger partial charge in [-0.05, 0) is 30.7 Å². The zero-order valence-corrected chi connectivity index (χ0v) is 11.9. The van der Waals surface area contributed by atoms with Crippen LogP contribution in [-0.2, 0) is 6.42 Å². The second-order valence-electron chi connectivity index (χ2n) is 4.04. The van der Waals surface area contributed by atoms with E-state index in [1.165, 1.54) is 13.2 Å². The van der Waals surface area contributed by atoms with Gasteiger partial charge in [0.05, 0.1) is 7.11 Å². The first-order valence-electron chi connectivity index (χ1n) is 6.11. The third-order valence-corrected chi connectivity index (χ3v) is 2.88. The van der Waals surface area contributed by atoms with Crippen molar-refractivity contribution in [1.29, 1.82) is 0 Å². The zero-order chi connectivity index (χ0) is 14.5. The van der Waals surface area contributed by atoms with Crippen LogP contribution in [-0.4, -0.2) is 23.0 Å². The topological polar surface area (TPSA) is 64.1 Å². The fourth-order valence-corrected chi connectivity index (χ4v) is 1.93. The number of carbonyl (C=O) groups excluding carboxylic acids is 1. The summed E-state index contributed by atoms with van der Waals surface area (Å²) < 4.78 is 5.09. The standard InChI is InChI=1S/C14H14ClN3O2/c1-3-10-7-9(8-12(15)17-10)13(19)18-11-5-4-6-16-14(11)20-2/h4-8H,3H2,1-2H3,(H,18,19). The maximum atomic E-state index is 12.2. The van der Waals surface area contributed by atoms with Gasteiger partial charge in [-0.15, -0.1) is 0 Å². The number of amides is 1. The summed E-state index contributed by atoms with van der Waals surface area (Å²) >= 11 is 5.91. The zero-order valence-electron chi connectivity index (χ0n) is 11.2. The van der Waals surface area contributed by atoms with Crippen LogP contribution in [0.1, 0.15) is 23.0 Å². The van der Waals surface area contributed by atoms with Gasteiger partial charge in [0, 0.05) is 17.5 Å². The van der Waals surface area contributed by atoms with Crippen molar-refractivity contribution in [3.05, 3.63) is 46.9 Å². The van der Waals surface area contributed by atoms with Crippen molar-refractivity contribution in [2.24, 2.45) is 0 Å². The minimum atomic E-state index is -0.282. The van der Waals surface area contributed by atoms with Crippen LogP contribution < -0.4 is 10.1 Å². The van der Waals surface area contributed by atoms with E-state index in [0.717, 1.165) is 5.69 Å². The van der Waals surface area contributed by atoms with Gasteiger partial charge in [0.25, 0.3) is 5.91 Å². The van der Waals surface area contributed by atoms with Crippen LogP contribution in [0.15, 0.2) is 30.5 Å². The average molecular weight is 292 g/mol. The molecule has 20 heavy (non-hydrogen) atoms. The Balaban J connectivity index is 2.26. The SMILES string of the molecule is CCc1cc(C(=O)Nc2cccnc2OC)cc(Cl)n1. The Morgan fingerprint density at radius 1 is 1.45 bits per heavy atom. The van der Waals surface area contributed by atoms with Crippen LogP contribution >= 0.6 is 11.6 Å². The molecule has 5 nitrogen and oxygen atoms in total. The molecule has 0 unspecified atom stereocenters. The first-order chi connectivity index (χ1) is 9.63. The second-order valence-corrected chi connectivity index (χ2v) is 4.43. The van der Waals surface area contributed by atoms with Gasteiger partial charge in [0.1, 0.15) is 10.8 Å². The van der Waals surface area contributed by atoms with E-state index in [9.17, 15) is 4.79 Å². The van der Waals surface area contributed by atoms with E-state index in [0.29, 0.717) is 28.7 Å². The highest BCUT2D eigenvalue weighted by atomic mass is 35.5. The van der Waals surface area contributed by atoms with Crippen molar-refractivity contribution in [3.63, 3.8) is 0 Å². The normalized spacial score (nSPS) is 10.2. The van der Waals surface area contributed by atoms with E-state index >= 15 is 0 Å². The molecule has 6 heteroatoms. The number of methoxy groups -OCH3 is 1. The number of nitrogens with one attached hydrogen (secondary N) is 1. The molecule has 0 aliphatic rings. The number of aryl methyl sites for hydroxylation is 1. The van der Waals surface area contributed by atoms with E-state index in [4.69, 9.17) is 16.3 Å². The number of hydrogen-bond donors (Lipinski definition) is 1. The molecule has 0 atom stereocenters. The highest BCUT2D eigenvalue weighted by molar-refractivity contribution is 6.29. The fourth-order valence-electron chi connectivity index (χ4n) is 1.71. The molecule has 2 aromatic heterocycles. The molecular formula is C14H14ClN3O2. The quantitative estimate of drug-likeness (QED) is 0.880. The Bertz CT molecular complexity index is 632. The monoisotopic (exact) mass is 291 g/mol. The third kappa shape index (κ3) is 3.24. The Hall–Kier alpha value is -2.14. The third-order valence-electron chi connectivity index (χ3n) is 2.68. The van der Waals surface area contributed by atoms with Crippen LogP contribution in [0, 0.1) is 0 Å². The summed E-state index contributed by atoms with van der Waals surface area (Å²) in [5.41, 5.74) is 1.72. The predicted molar refractivity (Wildman–Crippen MR) is 77.4 cm³/mol. The van der Waals surface area contributed by atoms with E-state index < -0.39 is 0 Å². The maximum absolute atomic E-state index is 12.2. The highest BCUT2D eigenvalue weighted by Gasteiger charge is 2.12. The molecule has 2 rings (SSSR count). The van der Waals surface area contributed by atoms with Gasteiger partial charge < -0.3 is 10.1 Å². The van der Waals surface area contributed by atoms with Crippen molar-refractivity contribution in [2.75, 3.05) is 12.4 Å². The Kier molecular flexibility index (Phi) is 4.53. The molecule has 2 heterocycles. The molecule has 0 aliphatic carbocycles. The molecule has 0 saturated carbocycles. The molecule has 0 fully saturated rings.